The van der Waals surface area contributed by atoms with E-state index in [4.69, 9.17) is 5.11 Å². The van der Waals surface area contributed by atoms with E-state index in [2.05, 4.69) is 15.4 Å². The zero-order valence-electron chi connectivity index (χ0n) is 10.5. The summed E-state index contributed by atoms with van der Waals surface area (Å²) in [7, 11) is 0. The van der Waals surface area contributed by atoms with E-state index in [-0.39, 0.29) is 24.6 Å². The summed E-state index contributed by atoms with van der Waals surface area (Å²) in [5.41, 5.74) is 0.137. The summed E-state index contributed by atoms with van der Waals surface area (Å²) >= 11 is 0. The standard InChI is InChI=1S/C12H15F3N2O3/c13-12(14,15)8-20-10-5-2-1-4-9(10)17-11(19)16-6-3-7-18/h1-2,4-5,18H,3,6-8H2,(H2,16,17,19). The van der Waals surface area contributed by atoms with E-state index in [1.165, 1.54) is 18.2 Å². The van der Waals surface area contributed by atoms with Crippen molar-refractivity contribution in [1.82, 2.24) is 5.32 Å². The van der Waals surface area contributed by atoms with Gasteiger partial charge in [-0.15, -0.1) is 0 Å². The van der Waals surface area contributed by atoms with Crippen molar-refractivity contribution in [3.05, 3.63) is 24.3 Å². The monoisotopic (exact) mass is 292 g/mol. The fraction of sp³-hybridized carbons (Fsp3) is 0.417. The Morgan fingerprint density at radius 2 is 2.00 bits per heavy atom. The lowest BCUT2D eigenvalue weighted by atomic mass is 10.3. The Morgan fingerprint density at radius 3 is 2.65 bits per heavy atom. The van der Waals surface area contributed by atoms with Crippen molar-refractivity contribution in [3.63, 3.8) is 0 Å². The maximum Gasteiger partial charge on any atom is 0.422 e. The van der Waals surface area contributed by atoms with Gasteiger partial charge < -0.3 is 20.5 Å². The number of urea groups is 1. The molecule has 0 spiro atoms. The van der Waals surface area contributed by atoms with Gasteiger partial charge in [-0.2, -0.15) is 13.2 Å². The van der Waals surface area contributed by atoms with E-state index < -0.39 is 18.8 Å². The molecule has 0 aliphatic rings. The molecule has 0 radical (unpaired) electrons. The average Bonchev–Trinajstić information content (AvgIpc) is 2.37. The van der Waals surface area contributed by atoms with Crippen LogP contribution in [-0.2, 0) is 0 Å². The maximum atomic E-state index is 12.1. The number of carbonyl (C=O) groups is 1. The molecular weight excluding hydrogens is 277 g/mol. The topological polar surface area (TPSA) is 70.6 Å². The zero-order chi connectivity index (χ0) is 15.0. The molecule has 0 saturated heterocycles. The van der Waals surface area contributed by atoms with Gasteiger partial charge >= 0.3 is 12.2 Å². The number of nitrogens with one attached hydrogen (secondary N) is 2. The summed E-state index contributed by atoms with van der Waals surface area (Å²) < 4.78 is 40.9. The Kier molecular flexibility index (Phi) is 6.10. The molecule has 0 aliphatic carbocycles. The molecule has 20 heavy (non-hydrogen) atoms. The number of ether oxygens (including phenoxy) is 1. The molecule has 112 valence electrons. The van der Waals surface area contributed by atoms with Crippen LogP contribution in [0.15, 0.2) is 24.3 Å². The second kappa shape index (κ2) is 7.59. The number of aliphatic hydroxyl groups is 1. The highest BCUT2D eigenvalue weighted by molar-refractivity contribution is 5.90. The molecule has 0 saturated carbocycles. The lowest BCUT2D eigenvalue weighted by molar-refractivity contribution is -0.153. The molecule has 8 heteroatoms. The van der Waals surface area contributed by atoms with E-state index in [0.29, 0.717) is 6.42 Å². The summed E-state index contributed by atoms with van der Waals surface area (Å²) in [6.45, 7) is -1.24. The number of hydrogen-bond acceptors (Lipinski definition) is 3. The number of alkyl halides is 3. The van der Waals surface area contributed by atoms with Gasteiger partial charge in [0.25, 0.3) is 0 Å². The first-order chi connectivity index (χ1) is 9.42. The van der Waals surface area contributed by atoms with Crippen LogP contribution >= 0.6 is 0 Å². The Labute approximate surface area is 113 Å². The van der Waals surface area contributed by atoms with Crippen molar-refractivity contribution in [2.24, 2.45) is 0 Å². The second-order valence-electron chi connectivity index (χ2n) is 3.86. The smallest absolute Gasteiger partial charge is 0.422 e. The zero-order valence-corrected chi connectivity index (χ0v) is 10.5. The number of rotatable bonds is 6. The molecule has 0 aromatic heterocycles. The van der Waals surface area contributed by atoms with Gasteiger partial charge in [-0.1, -0.05) is 12.1 Å². The first-order valence-electron chi connectivity index (χ1n) is 5.86. The molecule has 1 aromatic carbocycles. The largest absolute Gasteiger partial charge is 0.482 e. The van der Waals surface area contributed by atoms with Gasteiger partial charge in [0, 0.05) is 13.2 Å². The normalized spacial score (nSPS) is 11.0. The molecule has 0 unspecified atom stereocenters. The predicted octanol–water partition coefficient (Wildman–Crippen LogP) is 2.13. The van der Waals surface area contributed by atoms with Crippen LogP contribution in [0.2, 0.25) is 0 Å². The van der Waals surface area contributed by atoms with Gasteiger partial charge in [0.1, 0.15) is 5.75 Å². The van der Waals surface area contributed by atoms with E-state index >= 15 is 0 Å². The molecule has 3 N–H and O–H groups in total. The molecule has 0 heterocycles. The maximum absolute atomic E-state index is 12.1. The van der Waals surface area contributed by atoms with Gasteiger partial charge in [0.05, 0.1) is 5.69 Å². The highest BCUT2D eigenvalue weighted by Gasteiger charge is 2.28. The number of carbonyl (C=O) groups excluding carboxylic acids is 1. The third-order valence-corrected chi connectivity index (χ3v) is 2.15. The number of amides is 2. The van der Waals surface area contributed by atoms with Gasteiger partial charge in [0.2, 0.25) is 0 Å². The summed E-state index contributed by atoms with van der Waals surface area (Å²) in [6, 6.07) is 5.23. The van der Waals surface area contributed by atoms with Crippen LogP contribution in [0.5, 0.6) is 5.75 Å². The summed E-state index contributed by atoms with van der Waals surface area (Å²) in [5.74, 6) is -0.0675. The molecule has 5 nitrogen and oxygen atoms in total. The minimum atomic E-state index is -4.45. The van der Waals surface area contributed by atoms with Gasteiger partial charge in [-0.05, 0) is 18.6 Å². The first-order valence-corrected chi connectivity index (χ1v) is 5.86. The van der Waals surface area contributed by atoms with Crippen molar-refractivity contribution < 1.29 is 27.8 Å². The van der Waals surface area contributed by atoms with Crippen molar-refractivity contribution in [3.8, 4) is 5.75 Å². The van der Waals surface area contributed by atoms with Crippen molar-refractivity contribution >= 4 is 11.7 Å². The second-order valence-corrected chi connectivity index (χ2v) is 3.86. The number of aliphatic hydroxyl groups excluding tert-OH is 1. The predicted molar refractivity (Wildman–Crippen MR) is 66.7 cm³/mol. The fourth-order valence-electron chi connectivity index (χ4n) is 1.30. The van der Waals surface area contributed by atoms with Crippen molar-refractivity contribution in [1.29, 1.82) is 0 Å². The van der Waals surface area contributed by atoms with E-state index in [0.717, 1.165) is 0 Å². The van der Waals surface area contributed by atoms with Crippen LogP contribution in [-0.4, -0.2) is 37.1 Å². The quantitative estimate of drug-likeness (QED) is 0.703. The molecule has 2 amide bonds. The minimum absolute atomic E-state index is 0.0639. The average molecular weight is 292 g/mol. The Morgan fingerprint density at radius 1 is 1.30 bits per heavy atom. The van der Waals surface area contributed by atoms with Crippen molar-refractivity contribution in [2.75, 3.05) is 25.1 Å². The number of halogens is 3. The highest BCUT2D eigenvalue weighted by atomic mass is 19.4. The van der Waals surface area contributed by atoms with Crippen LogP contribution in [0.4, 0.5) is 23.7 Å². The number of anilines is 1. The van der Waals surface area contributed by atoms with Crippen molar-refractivity contribution in [2.45, 2.75) is 12.6 Å². The van der Waals surface area contributed by atoms with E-state index in [1.807, 2.05) is 0 Å². The third kappa shape index (κ3) is 6.28. The molecule has 0 aliphatic heterocycles. The Hall–Kier alpha value is -1.96. The fourth-order valence-corrected chi connectivity index (χ4v) is 1.30. The SMILES string of the molecule is O=C(NCCCO)Nc1ccccc1OCC(F)(F)F. The number of hydrogen-bond donors (Lipinski definition) is 3. The van der Waals surface area contributed by atoms with Gasteiger partial charge in [-0.25, -0.2) is 4.79 Å². The lowest BCUT2D eigenvalue weighted by Gasteiger charge is -2.14. The Bertz CT molecular complexity index is 438. The molecule has 0 bridgehead atoms. The lowest BCUT2D eigenvalue weighted by Crippen LogP contribution is -2.30. The molecule has 1 rings (SSSR count). The number of benzene rings is 1. The van der Waals surface area contributed by atoms with E-state index in [1.54, 1.807) is 6.07 Å². The van der Waals surface area contributed by atoms with Crippen LogP contribution < -0.4 is 15.4 Å². The van der Waals surface area contributed by atoms with Crippen LogP contribution in [0.1, 0.15) is 6.42 Å². The van der Waals surface area contributed by atoms with Crippen LogP contribution in [0.3, 0.4) is 0 Å². The van der Waals surface area contributed by atoms with Crippen LogP contribution in [0, 0.1) is 0 Å². The van der Waals surface area contributed by atoms with Gasteiger partial charge in [0.15, 0.2) is 6.61 Å². The molecule has 0 atom stereocenters. The summed E-state index contributed by atoms with van der Waals surface area (Å²) in [5, 5.41) is 13.4. The minimum Gasteiger partial charge on any atom is -0.482 e. The molecular formula is C12H15F3N2O3. The highest BCUT2D eigenvalue weighted by Crippen LogP contribution is 2.26. The summed E-state index contributed by atoms with van der Waals surface area (Å²) in [6.07, 6.45) is -4.06. The van der Waals surface area contributed by atoms with Crippen LogP contribution in [0.25, 0.3) is 0 Å². The first kappa shape index (κ1) is 16.1. The van der Waals surface area contributed by atoms with Gasteiger partial charge in [-0.3, -0.25) is 0 Å². The third-order valence-electron chi connectivity index (χ3n) is 2.15. The summed E-state index contributed by atoms with van der Waals surface area (Å²) in [4.78, 5) is 11.5. The van der Waals surface area contributed by atoms with E-state index in [9.17, 15) is 18.0 Å². The Balaban J connectivity index is 2.58. The molecule has 1 aromatic rings. The molecule has 0 fully saturated rings. The number of para-hydroxylation sites is 2.